The number of hydrogen-bond acceptors (Lipinski definition) is 5. The highest BCUT2D eigenvalue weighted by molar-refractivity contribution is 7.93. The third kappa shape index (κ3) is 5.24. The molecular formula is C25H21N3O3S2. The van der Waals surface area contributed by atoms with E-state index in [1.165, 1.54) is 23.8 Å². The van der Waals surface area contributed by atoms with Gasteiger partial charge in [-0.15, -0.1) is 11.3 Å². The number of amides is 2. The van der Waals surface area contributed by atoms with Crippen LogP contribution in [0.4, 0.5) is 5.69 Å². The van der Waals surface area contributed by atoms with Crippen LogP contribution in [0.2, 0.25) is 0 Å². The Morgan fingerprint density at radius 1 is 0.970 bits per heavy atom. The number of carbonyl (C=O) groups is 2. The van der Waals surface area contributed by atoms with Crippen LogP contribution in [0.1, 0.15) is 25.6 Å². The second-order valence-electron chi connectivity index (χ2n) is 7.44. The maximum Gasteiger partial charge on any atom is 0.286 e. The first-order valence-electron chi connectivity index (χ1n) is 10.1. The Morgan fingerprint density at radius 3 is 2.48 bits per heavy atom. The third-order valence-corrected chi connectivity index (χ3v) is 7.62. The first kappa shape index (κ1) is 22.6. The van der Waals surface area contributed by atoms with Crippen LogP contribution in [0.15, 0.2) is 93.8 Å². The van der Waals surface area contributed by atoms with Gasteiger partial charge in [0.1, 0.15) is 0 Å². The number of thiophene rings is 1. The average Bonchev–Trinajstić information content (AvgIpc) is 3.26. The van der Waals surface area contributed by atoms with Crippen LogP contribution in [-0.2, 0) is 9.73 Å². The highest BCUT2D eigenvalue weighted by Gasteiger charge is 2.14. The number of nitrogens with zero attached hydrogens (tertiary/aromatic N) is 2. The molecule has 33 heavy (non-hydrogen) atoms. The van der Waals surface area contributed by atoms with Gasteiger partial charge in [0.15, 0.2) is 0 Å². The Kier molecular flexibility index (Phi) is 6.48. The normalized spacial score (nSPS) is 12.5. The van der Waals surface area contributed by atoms with Crippen molar-refractivity contribution in [3.63, 3.8) is 0 Å². The van der Waals surface area contributed by atoms with Crippen LogP contribution in [0, 0.1) is 6.92 Å². The molecule has 2 aromatic heterocycles. The van der Waals surface area contributed by atoms with Crippen LogP contribution >= 0.6 is 11.3 Å². The van der Waals surface area contributed by atoms with E-state index in [2.05, 4.69) is 14.7 Å². The summed E-state index contributed by atoms with van der Waals surface area (Å²) in [6.45, 7) is 1.90. The summed E-state index contributed by atoms with van der Waals surface area (Å²) in [4.78, 5) is 30.6. The largest absolute Gasteiger partial charge is 0.321 e. The number of aryl methyl sites for hydroxylation is 1. The molecule has 1 unspecified atom stereocenters. The minimum absolute atomic E-state index is 0.167. The number of hydrogen-bond donors (Lipinski definition) is 1. The lowest BCUT2D eigenvalue weighted by atomic mass is 10.1. The lowest BCUT2D eigenvalue weighted by Crippen LogP contribution is -2.11. The van der Waals surface area contributed by atoms with E-state index >= 15 is 0 Å². The van der Waals surface area contributed by atoms with Crippen molar-refractivity contribution in [2.45, 2.75) is 11.8 Å². The molecule has 0 saturated carbocycles. The van der Waals surface area contributed by atoms with Gasteiger partial charge >= 0.3 is 0 Å². The van der Waals surface area contributed by atoms with Crippen molar-refractivity contribution in [3.8, 4) is 11.1 Å². The molecule has 2 amide bonds. The highest BCUT2D eigenvalue weighted by atomic mass is 32.2. The number of carbonyl (C=O) groups excluding carboxylic acids is 2. The highest BCUT2D eigenvalue weighted by Crippen LogP contribution is 2.25. The number of benzene rings is 2. The molecule has 4 aromatic rings. The van der Waals surface area contributed by atoms with E-state index in [1.807, 2.05) is 42.6 Å². The molecule has 0 saturated heterocycles. The molecule has 1 N–H and O–H groups in total. The van der Waals surface area contributed by atoms with Crippen molar-refractivity contribution in [3.05, 3.63) is 101 Å². The van der Waals surface area contributed by atoms with Gasteiger partial charge in [-0.1, -0.05) is 30.3 Å². The molecule has 0 spiro atoms. The Bertz CT molecular complexity index is 1450. The van der Waals surface area contributed by atoms with E-state index < -0.39 is 15.6 Å². The van der Waals surface area contributed by atoms with Crippen molar-refractivity contribution in [2.24, 2.45) is 4.36 Å². The zero-order valence-electron chi connectivity index (χ0n) is 18.0. The zero-order chi connectivity index (χ0) is 23.4. The van der Waals surface area contributed by atoms with E-state index in [9.17, 15) is 13.8 Å². The zero-order valence-corrected chi connectivity index (χ0v) is 19.7. The lowest BCUT2D eigenvalue weighted by Gasteiger charge is -2.08. The third-order valence-electron chi connectivity index (χ3n) is 4.94. The first-order valence-corrected chi connectivity index (χ1v) is 12.9. The molecular weight excluding hydrogens is 454 g/mol. The molecule has 8 heteroatoms. The van der Waals surface area contributed by atoms with E-state index in [4.69, 9.17) is 0 Å². The number of pyridine rings is 1. The maximum absolute atomic E-state index is 12.9. The minimum atomic E-state index is -2.88. The van der Waals surface area contributed by atoms with Crippen LogP contribution in [-0.4, -0.2) is 27.3 Å². The molecule has 4 rings (SSSR count). The fourth-order valence-corrected chi connectivity index (χ4v) is 5.23. The van der Waals surface area contributed by atoms with Crippen molar-refractivity contribution < 1.29 is 13.8 Å². The first-order chi connectivity index (χ1) is 15.8. The van der Waals surface area contributed by atoms with Gasteiger partial charge in [0, 0.05) is 34.8 Å². The fourth-order valence-electron chi connectivity index (χ4n) is 3.22. The summed E-state index contributed by atoms with van der Waals surface area (Å²) < 4.78 is 16.9. The van der Waals surface area contributed by atoms with Crippen molar-refractivity contribution in [1.29, 1.82) is 0 Å². The molecule has 0 aliphatic heterocycles. The van der Waals surface area contributed by atoms with Crippen LogP contribution in [0.25, 0.3) is 11.1 Å². The van der Waals surface area contributed by atoms with Gasteiger partial charge in [-0.2, -0.15) is 4.36 Å². The number of nitrogens with one attached hydrogen (secondary N) is 1. The van der Waals surface area contributed by atoms with Crippen LogP contribution < -0.4 is 5.32 Å². The van der Waals surface area contributed by atoms with Crippen molar-refractivity contribution in [2.75, 3.05) is 11.6 Å². The van der Waals surface area contributed by atoms with Gasteiger partial charge in [-0.3, -0.25) is 14.6 Å². The predicted octanol–water partition coefficient (Wildman–Crippen LogP) is 5.67. The molecule has 2 aromatic carbocycles. The minimum Gasteiger partial charge on any atom is -0.321 e. The summed E-state index contributed by atoms with van der Waals surface area (Å²) in [5, 5.41) is 4.79. The molecule has 0 aliphatic carbocycles. The summed E-state index contributed by atoms with van der Waals surface area (Å²) in [6, 6.07) is 19.6. The summed E-state index contributed by atoms with van der Waals surface area (Å²) in [5.74, 6) is -0.766. The summed E-state index contributed by atoms with van der Waals surface area (Å²) in [7, 11) is -2.88. The topological polar surface area (TPSA) is 88.5 Å². The van der Waals surface area contributed by atoms with E-state index in [1.54, 1.807) is 42.6 Å². The van der Waals surface area contributed by atoms with E-state index in [0.29, 0.717) is 21.0 Å². The van der Waals surface area contributed by atoms with E-state index in [-0.39, 0.29) is 11.5 Å². The SMILES string of the molecule is Cc1ccsc1C(=O)Nc1cccc(-c2cncc(C(=O)N=S(C)(=O)c3ccccc3)c2)c1. The molecule has 1 atom stereocenters. The average molecular weight is 476 g/mol. The summed E-state index contributed by atoms with van der Waals surface area (Å²) in [5.41, 5.74) is 3.25. The molecule has 0 fully saturated rings. The molecule has 6 nitrogen and oxygen atoms in total. The quantitative estimate of drug-likeness (QED) is 0.403. The van der Waals surface area contributed by atoms with Crippen LogP contribution in [0.5, 0.6) is 0 Å². The Balaban J connectivity index is 1.59. The van der Waals surface area contributed by atoms with E-state index in [0.717, 1.165) is 11.1 Å². The Morgan fingerprint density at radius 2 is 1.76 bits per heavy atom. The second kappa shape index (κ2) is 9.48. The van der Waals surface area contributed by atoms with Gasteiger partial charge in [0.05, 0.1) is 20.2 Å². The molecule has 0 radical (unpaired) electrons. The summed E-state index contributed by atoms with van der Waals surface area (Å²) >= 11 is 1.39. The maximum atomic E-state index is 12.9. The smallest absolute Gasteiger partial charge is 0.286 e. The Labute approximate surface area is 196 Å². The van der Waals surface area contributed by atoms with Crippen molar-refractivity contribution in [1.82, 2.24) is 4.98 Å². The van der Waals surface area contributed by atoms with Crippen LogP contribution in [0.3, 0.4) is 0 Å². The number of aromatic nitrogens is 1. The molecule has 2 heterocycles. The standard InChI is InChI=1S/C25H21N3O3S2/c1-17-11-12-32-23(17)25(30)27-21-8-6-7-18(14-21)19-13-20(16-26-15-19)24(29)28-33(2,31)22-9-4-3-5-10-22/h3-16H,1-2H3,(H,27,30). The summed E-state index contributed by atoms with van der Waals surface area (Å²) in [6.07, 6.45) is 4.47. The van der Waals surface area contributed by atoms with Gasteiger partial charge in [-0.25, -0.2) is 4.21 Å². The van der Waals surface area contributed by atoms with Gasteiger partial charge in [0.25, 0.3) is 11.8 Å². The molecule has 166 valence electrons. The monoisotopic (exact) mass is 475 g/mol. The molecule has 0 bridgehead atoms. The number of anilines is 1. The predicted molar refractivity (Wildman–Crippen MR) is 132 cm³/mol. The fraction of sp³-hybridized carbons (Fsp3) is 0.0800. The van der Waals surface area contributed by atoms with Crippen molar-refractivity contribution >= 4 is 38.6 Å². The van der Waals surface area contributed by atoms with Gasteiger partial charge in [0.2, 0.25) is 0 Å². The lowest BCUT2D eigenvalue weighted by molar-refractivity contribution is 0.100. The molecule has 0 aliphatic rings. The van der Waals surface area contributed by atoms with Gasteiger partial charge in [-0.05, 0) is 59.8 Å². The Hall–Kier alpha value is -3.62. The van der Waals surface area contributed by atoms with Gasteiger partial charge < -0.3 is 5.32 Å². The second-order valence-corrected chi connectivity index (χ2v) is 10.6. The number of rotatable bonds is 5.